The molecule has 5 rings (SSSR count). The van der Waals surface area contributed by atoms with Gasteiger partial charge < -0.3 is 4.74 Å². The number of hydrogen-bond donors (Lipinski definition) is 0. The van der Waals surface area contributed by atoms with Crippen LogP contribution >= 0.6 is 0 Å². The maximum absolute atomic E-state index is 5.52. The van der Waals surface area contributed by atoms with Gasteiger partial charge in [-0.3, -0.25) is 0 Å². The lowest BCUT2D eigenvalue weighted by atomic mass is 9.57. The van der Waals surface area contributed by atoms with E-state index in [0.29, 0.717) is 10.8 Å². The van der Waals surface area contributed by atoms with Crippen molar-refractivity contribution >= 4 is 0 Å². The van der Waals surface area contributed by atoms with Gasteiger partial charge in [-0.25, -0.2) is 0 Å². The third kappa shape index (κ3) is 1.10. The molecule has 0 heterocycles. The summed E-state index contributed by atoms with van der Waals surface area (Å²) in [6, 6.07) is 6.93. The van der Waals surface area contributed by atoms with Crippen LogP contribution in [0.25, 0.3) is 0 Å². The number of fused-ring (bicyclic) bond motifs is 2. The van der Waals surface area contributed by atoms with Gasteiger partial charge in [-0.1, -0.05) is 25.8 Å². The minimum Gasteiger partial charge on any atom is -0.497 e. The lowest BCUT2D eigenvalue weighted by Gasteiger charge is -2.46. The zero-order chi connectivity index (χ0) is 13.5. The molecule has 0 saturated heterocycles. The first kappa shape index (κ1) is 11.7. The second-order valence-electron chi connectivity index (χ2n) is 7.93. The minimum atomic E-state index is 0.525. The second-order valence-corrected chi connectivity index (χ2v) is 7.93. The topological polar surface area (TPSA) is 9.23 Å². The number of ether oxygens (including phenoxy) is 1. The molecule has 4 aliphatic carbocycles. The molecular formula is C19H24O. The Morgan fingerprint density at radius 2 is 2.15 bits per heavy atom. The van der Waals surface area contributed by atoms with Crippen molar-refractivity contribution in [1.82, 2.24) is 0 Å². The molecule has 1 aromatic rings. The van der Waals surface area contributed by atoms with E-state index in [1.54, 1.807) is 18.2 Å². The van der Waals surface area contributed by atoms with Gasteiger partial charge in [0, 0.05) is 0 Å². The summed E-state index contributed by atoms with van der Waals surface area (Å²) in [5, 5.41) is 0. The molecule has 0 aliphatic heterocycles. The highest BCUT2D eigenvalue weighted by molar-refractivity contribution is 5.50. The van der Waals surface area contributed by atoms with E-state index in [0.717, 1.165) is 23.5 Å². The quantitative estimate of drug-likeness (QED) is 0.736. The minimum absolute atomic E-state index is 0.525. The van der Waals surface area contributed by atoms with Gasteiger partial charge in [0.25, 0.3) is 0 Å². The summed E-state index contributed by atoms with van der Waals surface area (Å²) in [6.45, 7) is 2.53. The molecule has 106 valence electrons. The van der Waals surface area contributed by atoms with Gasteiger partial charge in [0.2, 0.25) is 0 Å². The van der Waals surface area contributed by atoms with Crippen LogP contribution < -0.4 is 4.74 Å². The van der Waals surface area contributed by atoms with Crippen LogP contribution in [0.2, 0.25) is 0 Å². The highest BCUT2D eigenvalue weighted by atomic mass is 16.5. The molecule has 5 atom stereocenters. The molecule has 1 nitrogen and oxygen atoms in total. The molecule has 3 fully saturated rings. The average Bonchev–Trinajstić information content (AvgIpc) is 2.91. The summed E-state index contributed by atoms with van der Waals surface area (Å²) in [6.07, 6.45) is 8.64. The number of hydrogen-bond acceptors (Lipinski definition) is 1. The maximum Gasteiger partial charge on any atom is 0.119 e. The van der Waals surface area contributed by atoms with E-state index in [1.165, 1.54) is 38.5 Å². The van der Waals surface area contributed by atoms with Crippen molar-refractivity contribution in [3.8, 4) is 5.75 Å². The second kappa shape index (κ2) is 3.43. The standard InChI is InChI=1S/C19H24O/c1-12-17-15-5-3-4-8-18(15)11-19(12,17)10-13-6-7-14(20-2)9-16(13)18/h6-7,9,12,15,17H,3-5,8,10-11H2,1-2H3/t12?,15-,17-,18+,19?/m1/s1. The van der Waals surface area contributed by atoms with Crippen LogP contribution in [0.1, 0.15) is 50.2 Å². The first-order valence-corrected chi connectivity index (χ1v) is 8.39. The van der Waals surface area contributed by atoms with Crippen molar-refractivity contribution < 1.29 is 4.74 Å². The lowest BCUT2D eigenvalue weighted by molar-refractivity contribution is 0.161. The Kier molecular flexibility index (Phi) is 2.00. The largest absolute Gasteiger partial charge is 0.497 e. The van der Waals surface area contributed by atoms with Crippen LogP contribution in [0.15, 0.2) is 18.2 Å². The fraction of sp³-hybridized carbons (Fsp3) is 0.684. The predicted molar refractivity (Wildman–Crippen MR) is 80.0 cm³/mol. The van der Waals surface area contributed by atoms with Crippen LogP contribution in [0.3, 0.4) is 0 Å². The maximum atomic E-state index is 5.52. The molecule has 1 aromatic carbocycles. The molecule has 0 aromatic heterocycles. The van der Waals surface area contributed by atoms with Crippen LogP contribution in [0, 0.1) is 23.2 Å². The van der Waals surface area contributed by atoms with Gasteiger partial charge in [-0.15, -0.1) is 0 Å². The molecule has 20 heavy (non-hydrogen) atoms. The van der Waals surface area contributed by atoms with E-state index >= 15 is 0 Å². The molecule has 2 bridgehead atoms. The van der Waals surface area contributed by atoms with E-state index in [9.17, 15) is 0 Å². The number of methoxy groups -OCH3 is 1. The van der Waals surface area contributed by atoms with Crippen LogP contribution in [0.5, 0.6) is 5.75 Å². The Morgan fingerprint density at radius 3 is 3.00 bits per heavy atom. The Balaban J connectivity index is 1.72. The van der Waals surface area contributed by atoms with Crippen molar-refractivity contribution in [2.75, 3.05) is 7.11 Å². The third-order valence-electron chi connectivity index (χ3n) is 7.55. The van der Waals surface area contributed by atoms with Crippen molar-refractivity contribution in [2.45, 2.75) is 50.9 Å². The smallest absolute Gasteiger partial charge is 0.119 e. The molecule has 2 spiro atoms. The highest BCUT2D eigenvalue weighted by Gasteiger charge is 2.76. The van der Waals surface area contributed by atoms with E-state index in [2.05, 4.69) is 25.1 Å². The Bertz CT molecular complexity index is 591. The Morgan fingerprint density at radius 1 is 1.25 bits per heavy atom. The van der Waals surface area contributed by atoms with Gasteiger partial charge in [-0.2, -0.15) is 0 Å². The summed E-state index contributed by atoms with van der Waals surface area (Å²) < 4.78 is 5.52. The van der Waals surface area contributed by atoms with Gasteiger partial charge in [0.1, 0.15) is 5.75 Å². The van der Waals surface area contributed by atoms with Gasteiger partial charge in [0.05, 0.1) is 7.11 Å². The summed E-state index contributed by atoms with van der Waals surface area (Å²) >= 11 is 0. The summed E-state index contributed by atoms with van der Waals surface area (Å²) in [4.78, 5) is 0. The lowest BCUT2D eigenvalue weighted by Crippen LogP contribution is -2.40. The fourth-order valence-corrected chi connectivity index (χ4v) is 6.79. The van der Waals surface area contributed by atoms with Crippen LogP contribution in [-0.2, 0) is 11.8 Å². The monoisotopic (exact) mass is 268 g/mol. The van der Waals surface area contributed by atoms with Crippen molar-refractivity contribution in [1.29, 1.82) is 0 Å². The van der Waals surface area contributed by atoms with Crippen molar-refractivity contribution in [3.05, 3.63) is 29.3 Å². The molecule has 1 heteroatoms. The highest BCUT2D eigenvalue weighted by Crippen LogP contribution is 2.81. The Hall–Kier alpha value is -0.980. The fourth-order valence-electron chi connectivity index (χ4n) is 6.79. The van der Waals surface area contributed by atoms with Gasteiger partial charge in [0.15, 0.2) is 0 Å². The zero-order valence-electron chi connectivity index (χ0n) is 12.6. The zero-order valence-corrected chi connectivity index (χ0v) is 12.6. The molecule has 0 N–H and O–H groups in total. The van der Waals surface area contributed by atoms with Crippen molar-refractivity contribution in [3.63, 3.8) is 0 Å². The molecule has 0 amide bonds. The molecule has 3 saturated carbocycles. The van der Waals surface area contributed by atoms with Gasteiger partial charge >= 0.3 is 0 Å². The van der Waals surface area contributed by atoms with E-state index in [-0.39, 0.29) is 0 Å². The first-order chi connectivity index (χ1) is 9.71. The van der Waals surface area contributed by atoms with E-state index in [1.807, 2.05) is 0 Å². The predicted octanol–water partition coefficient (Wildman–Crippen LogP) is 4.34. The summed E-state index contributed by atoms with van der Waals surface area (Å²) in [5.74, 6) is 4.04. The number of benzene rings is 1. The van der Waals surface area contributed by atoms with E-state index in [4.69, 9.17) is 4.74 Å². The number of rotatable bonds is 1. The first-order valence-electron chi connectivity index (χ1n) is 8.39. The average molecular weight is 268 g/mol. The van der Waals surface area contributed by atoms with Gasteiger partial charge in [-0.05, 0) is 77.5 Å². The molecule has 0 radical (unpaired) electrons. The normalized spacial score (nSPS) is 47.2. The van der Waals surface area contributed by atoms with E-state index < -0.39 is 0 Å². The van der Waals surface area contributed by atoms with Crippen molar-refractivity contribution in [2.24, 2.45) is 23.2 Å². The van der Waals surface area contributed by atoms with Crippen LogP contribution in [-0.4, -0.2) is 7.11 Å². The Labute approximate surface area is 121 Å². The molecule has 4 aliphatic rings. The van der Waals surface area contributed by atoms with Crippen LogP contribution in [0.4, 0.5) is 0 Å². The third-order valence-corrected chi connectivity index (χ3v) is 7.55. The summed E-state index contributed by atoms with van der Waals surface area (Å²) in [7, 11) is 1.80. The molecular weight excluding hydrogens is 244 g/mol. The SMILES string of the molecule is COc1ccc2c(c1)[C@]13CCCC[C@@H]1[C@H]1C(C)C1(C2)C3. The summed E-state index contributed by atoms with van der Waals surface area (Å²) in [5.41, 5.74) is 4.54. The molecule has 2 unspecified atom stereocenters.